The number of primary amides is 2. The van der Waals surface area contributed by atoms with E-state index >= 15 is 0 Å². The van der Waals surface area contributed by atoms with Crippen LogP contribution in [0.2, 0.25) is 5.02 Å². The van der Waals surface area contributed by atoms with Gasteiger partial charge in [0.05, 0.1) is 42.1 Å². The molecule has 0 aliphatic carbocycles. The summed E-state index contributed by atoms with van der Waals surface area (Å²) in [6.45, 7) is 6.76. The minimum absolute atomic E-state index is 0.0775. The Hall–Kier alpha value is -2.65. The average Bonchev–Trinajstić information content (AvgIpc) is 3.00. The first kappa shape index (κ1) is 20.6. The first-order chi connectivity index (χ1) is 14.0. The highest BCUT2D eigenvalue weighted by Gasteiger charge is 2.59. The molecule has 2 aromatic rings. The van der Waals surface area contributed by atoms with Crippen molar-refractivity contribution in [3.63, 3.8) is 0 Å². The summed E-state index contributed by atoms with van der Waals surface area (Å²) in [5, 5.41) is 4.63. The maximum Gasteiger partial charge on any atom is 0.315 e. The Morgan fingerprint density at radius 1 is 1.33 bits per heavy atom. The van der Waals surface area contributed by atoms with Gasteiger partial charge >= 0.3 is 6.03 Å². The molecule has 10 heteroatoms. The zero-order valence-electron chi connectivity index (χ0n) is 16.9. The lowest BCUT2D eigenvalue weighted by Crippen LogP contribution is -2.71. The van der Waals surface area contributed by atoms with Crippen molar-refractivity contribution in [2.24, 2.45) is 16.9 Å². The molecule has 8 nitrogen and oxygen atoms in total. The molecule has 30 heavy (non-hydrogen) atoms. The molecule has 160 valence electrons. The molecule has 3 heterocycles. The minimum Gasteiger partial charge on any atom is -0.372 e. The number of nitrogens with two attached hydrogens (primary N) is 2. The quantitative estimate of drug-likeness (QED) is 0.753. The molecule has 2 aliphatic rings. The number of hydrogen-bond donors (Lipinski definition) is 2. The molecule has 1 fully saturated rings. The number of rotatable bonds is 2. The summed E-state index contributed by atoms with van der Waals surface area (Å²) in [7, 11) is 0. The van der Waals surface area contributed by atoms with Gasteiger partial charge in [-0.1, -0.05) is 32.4 Å². The summed E-state index contributed by atoms with van der Waals surface area (Å²) in [4.78, 5) is 26.0. The number of ether oxygens (including phenoxy) is 1. The summed E-state index contributed by atoms with van der Waals surface area (Å²) in [6.07, 6.45) is -0.281. The van der Waals surface area contributed by atoms with Gasteiger partial charge < -0.3 is 21.1 Å². The average molecular weight is 436 g/mol. The first-order valence-corrected chi connectivity index (χ1v) is 9.87. The fourth-order valence-electron chi connectivity index (χ4n) is 4.58. The summed E-state index contributed by atoms with van der Waals surface area (Å²) in [5.41, 5.74) is 11.7. The van der Waals surface area contributed by atoms with Crippen molar-refractivity contribution >= 4 is 23.5 Å². The van der Waals surface area contributed by atoms with Crippen LogP contribution < -0.4 is 11.5 Å². The predicted molar refractivity (Wildman–Crippen MR) is 108 cm³/mol. The van der Waals surface area contributed by atoms with Gasteiger partial charge in [-0.15, -0.1) is 0 Å². The molecule has 1 aromatic carbocycles. The molecule has 0 radical (unpaired) electrons. The Bertz CT molecular complexity index is 1060. The maximum absolute atomic E-state index is 13.7. The number of hydrogen-bond acceptors (Lipinski definition) is 4. The van der Waals surface area contributed by atoms with E-state index in [1.165, 1.54) is 23.1 Å². The lowest BCUT2D eigenvalue weighted by Gasteiger charge is -2.57. The zero-order chi connectivity index (χ0) is 22.0. The van der Waals surface area contributed by atoms with Gasteiger partial charge in [-0.2, -0.15) is 5.10 Å². The lowest BCUT2D eigenvalue weighted by molar-refractivity contribution is -0.232. The van der Waals surface area contributed by atoms with Crippen molar-refractivity contribution in [3.05, 3.63) is 40.3 Å². The van der Waals surface area contributed by atoms with E-state index in [1.807, 2.05) is 20.8 Å². The highest BCUT2D eigenvalue weighted by Crippen LogP contribution is 2.47. The highest BCUT2D eigenvalue weighted by atomic mass is 35.5. The van der Waals surface area contributed by atoms with Gasteiger partial charge in [0, 0.05) is 5.56 Å². The monoisotopic (exact) mass is 435 g/mol. The highest BCUT2D eigenvalue weighted by molar-refractivity contribution is 6.31. The smallest absolute Gasteiger partial charge is 0.315 e. The van der Waals surface area contributed by atoms with Crippen LogP contribution in [0, 0.1) is 11.2 Å². The summed E-state index contributed by atoms with van der Waals surface area (Å²) in [5.74, 6) is -1.29. The second-order valence-electron chi connectivity index (χ2n) is 8.93. The molecule has 4 N–H and O–H groups in total. The van der Waals surface area contributed by atoms with E-state index in [2.05, 4.69) is 0 Å². The van der Waals surface area contributed by atoms with E-state index in [9.17, 15) is 14.0 Å². The van der Waals surface area contributed by atoms with Crippen LogP contribution >= 0.6 is 11.6 Å². The second kappa shape index (κ2) is 6.68. The minimum atomic E-state index is -0.708. The molecule has 2 unspecified atom stereocenters. The number of benzene rings is 1. The van der Waals surface area contributed by atoms with Gasteiger partial charge in [-0.3, -0.25) is 9.48 Å². The van der Waals surface area contributed by atoms with Crippen LogP contribution in [0.5, 0.6) is 0 Å². The standard InChI is InChI=1S/C20H23ClFN5O3/c1-19(2,3)17-20(9-30-17)8-26(18(24)29)7-13-14(16(23)28)15(25-27(13)20)10-4-5-12(22)11(21)6-10/h4-6,17H,7-9H2,1-3H3,(H2,23,28)(H2,24,29). The fraction of sp³-hybridized carbons (Fsp3) is 0.450. The van der Waals surface area contributed by atoms with E-state index < -0.39 is 23.3 Å². The number of halogens is 2. The molecule has 1 saturated heterocycles. The Labute approximate surface area is 177 Å². The number of nitrogens with zero attached hydrogens (tertiary/aromatic N) is 3. The number of urea groups is 1. The van der Waals surface area contributed by atoms with Gasteiger partial charge in [-0.25, -0.2) is 9.18 Å². The molecule has 2 aliphatic heterocycles. The molecule has 0 bridgehead atoms. The van der Waals surface area contributed by atoms with Crippen molar-refractivity contribution in [2.75, 3.05) is 13.2 Å². The van der Waals surface area contributed by atoms with Crippen LogP contribution in [0.4, 0.5) is 9.18 Å². The third-order valence-electron chi connectivity index (χ3n) is 5.73. The van der Waals surface area contributed by atoms with Crippen molar-refractivity contribution in [3.8, 4) is 11.3 Å². The van der Waals surface area contributed by atoms with Gasteiger partial charge in [-0.05, 0) is 23.6 Å². The number of carbonyl (C=O) groups excluding carboxylic acids is 2. The van der Waals surface area contributed by atoms with Crippen molar-refractivity contribution in [1.82, 2.24) is 14.7 Å². The number of aromatic nitrogens is 2. The van der Waals surface area contributed by atoms with Crippen molar-refractivity contribution < 1.29 is 18.7 Å². The summed E-state index contributed by atoms with van der Waals surface area (Å²) in [6, 6.07) is 3.48. The predicted octanol–water partition coefficient (Wildman–Crippen LogP) is 2.48. The Balaban J connectivity index is 1.96. The largest absolute Gasteiger partial charge is 0.372 e. The van der Waals surface area contributed by atoms with Gasteiger partial charge in [0.15, 0.2) is 0 Å². The Morgan fingerprint density at radius 3 is 2.53 bits per heavy atom. The lowest BCUT2D eigenvalue weighted by atomic mass is 9.72. The summed E-state index contributed by atoms with van der Waals surface area (Å²) < 4.78 is 21.3. The Kier molecular flexibility index (Phi) is 4.59. The normalized spacial score (nSPS) is 23.2. The fourth-order valence-corrected chi connectivity index (χ4v) is 4.76. The third kappa shape index (κ3) is 2.95. The molecule has 3 amide bonds. The molecular formula is C20H23ClFN5O3. The number of carbonyl (C=O) groups is 2. The topological polar surface area (TPSA) is 116 Å². The molecular weight excluding hydrogens is 413 g/mol. The van der Waals surface area contributed by atoms with Crippen LogP contribution in [0.25, 0.3) is 11.3 Å². The summed E-state index contributed by atoms with van der Waals surface area (Å²) >= 11 is 5.95. The number of fused-ring (bicyclic) bond motifs is 2. The van der Waals surface area contributed by atoms with Crippen LogP contribution in [0.3, 0.4) is 0 Å². The maximum atomic E-state index is 13.7. The van der Waals surface area contributed by atoms with Crippen LogP contribution in [0.15, 0.2) is 18.2 Å². The van der Waals surface area contributed by atoms with Gasteiger partial charge in [0.1, 0.15) is 17.1 Å². The van der Waals surface area contributed by atoms with Crippen LogP contribution in [-0.2, 0) is 16.8 Å². The van der Waals surface area contributed by atoms with E-state index in [0.717, 1.165) is 0 Å². The van der Waals surface area contributed by atoms with Crippen molar-refractivity contribution in [2.45, 2.75) is 39.0 Å². The van der Waals surface area contributed by atoms with Crippen molar-refractivity contribution in [1.29, 1.82) is 0 Å². The first-order valence-electron chi connectivity index (χ1n) is 9.49. The second-order valence-corrected chi connectivity index (χ2v) is 9.34. The van der Waals surface area contributed by atoms with Gasteiger partial charge in [0.2, 0.25) is 0 Å². The van der Waals surface area contributed by atoms with Gasteiger partial charge in [0.25, 0.3) is 5.91 Å². The third-order valence-corrected chi connectivity index (χ3v) is 6.02. The molecule has 4 rings (SSSR count). The zero-order valence-corrected chi connectivity index (χ0v) is 17.7. The number of amides is 3. The molecule has 1 aromatic heterocycles. The van der Waals surface area contributed by atoms with E-state index in [-0.39, 0.29) is 34.3 Å². The van der Waals surface area contributed by atoms with Crippen LogP contribution in [0.1, 0.15) is 36.8 Å². The molecule has 0 saturated carbocycles. The Morgan fingerprint density at radius 2 is 2.03 bits per heavy atom. The van der Waals surface area contributed by atoms with E-state index in [1.54, 1.807) is 4.68 Å². The molecule has 1 spiro atoms. The molecule has 2 atom stereocenters. The SMILES string of the molecule is CC(C)(C)C1OCC12CN(C(N)=O)Cc1c(C(N)=O)c(-c3ccc(F)c(Cl)c3)nn12. The van der Waals surface area contributed by atoms with E-state index in [4.69, 9.17) is 32.9 Å². The van der Waals surface area contributed by atoms with Crippen LogP contribution in [-0.4, -0.2) is 45.9 Å². The van der Waals surface area contributed by atoms with E-state index in [0.29, 0.717) is 24.4 Å².